The maximum atomic E-state index is 12.3. The fourth-order valence-corrected chi connectivity index (χ4v) is 4.74. The average Bonchev–Trinajstić information content (AvgIpc) is 3.20. The molecular formula is C14H16N4O2S3. The van der Waals surface area contributed by atoms with Gasteiger partial charge in [-0.05, 0) is 24.0 Å². The number of thioether (sulfide) groups is 2. The van der Waals surface area contributed by atoms with Crippen LogP contribution < -0.4 is 10.1 Å². The van der Waals surface area contributed by atoms with Crippen LogP contribution in [0.3, 0.4) is 0 Å². The smallest absolute Gasteiger partial charge is 0.257 e. The maximum absolute atomic E-state index is 12.3. The topological polar surface area (TPSA) is 77.0 Å². The molecule has 1 fully saturated rings. The van der Waals surface area contributed by atoms with E-state index in [0.717, 1.165) is 28.0 Å². The summed E-state index contributed by atoms with van der Waals surface area (Å²) in [7, 11) is 0. The number of carbonyl (C=O) groups excluding carboxylic acids is 1. The van der Waals surface area contributed by atoms with Gasteiger partial charge in [-0.2, -0.15) is 11.8 Å². The van der Waals surface area contributed by atoms with Crippen LogP contribution in [0.4, 0.5) is 5.13 Å². The SMILES string of the molecule is CCSc1nnc(NC(=O)c2ccnc(OC3CCSC3)c2)s1. The lowest BCUT2D eigenvalue weighted by atomic mass is 10.2. The summed E-state index contributed by atoms with van der Waals surface area (Å²) in [6.07, 6.45) is 2.79. The van der Waals surface area contributed by atoms with Gasteiger partial charge in [0.2, 0.25) is 11.0 Å². The third-order valence-corrected chi connectivity index (χ3v) is 6.05. The van der Waals surface area contributed by atoms with Crippen LogP contribution in [0.2, 0.25) is 0 Å². The van der Waals surface area contributed by atoms with Gasteiger partial charge in [0.1, 0.15) is 6.10 Å². The second kappa shape index (κ2) is 7.98. The van der Waals surface area contributed by atoms with Gasteiger partial charge >= 0.3 is 0 Å². The summed E-state index contributed by atoms with van der Waals surface area (Å²) < 4.78 is 6.66. The Bertz CT molecular complexity index is 674. The highest BCUT2D eigenvalue weighted by molar-refractivity contribution is 8.01. The highest BCUT2D eigenvalue weighted by Gasteiger charge is 2.18. The zero-order valence-electron chi connectivity index (χ0n) is 12.5. The molecule has 0 bridgehead atoms. The number of pyridine rings is 1. The van der Waals surface area contributed by atoms with Crippen molar-refractivity contribution in [2.45, 2.75) is 23.8 Å². The third-order valence-electron chi connectivity index (χ3n) is 3.07. The van der Waals surface area contributed by atoms with E-state index in [2.05, 4.69) is 20.5 Å². The highest BCUT2D eigenvalue weighted by atomic mass is 32.2. The molecule has 3 rings (SSSR count). The van der Waals surface area contributed by atoms with E-state index in [0.29, 0.717) is 16.6 Å². The molecule has 2 aromatic rings. The second-order valence-corrected chi connectivity index (χ2v) is 8.38. The van der Waals surface area contributed by atoms with Crippen molar-refractivity contribution in [3.63, 3.8) is 0 Å². The first-order valence-electron chi connectivity index (χ1n) is 7.22. The summed E-state index contributed by atoms with van der Waals surface area (Å²) >= 11 is 4.84. The molecule has 1 aliphatic rings. The third kappa shape index (κ3) is 4.58. The molecule has 9 heteroatoms. The van der Waals surface area contributed by atoms with Crippen molar-refractivity contribution in [1.82, 2.24) is 15.2 Å². The van der Waals surface area contributed by atoms with Crippen molar-refractivity contribution < 1.29 is 9.53 Å². The fraction of sp³-hybridized carbons (Fsp3) is 0.429. The first kappa shape index (κ1) is 16.5. The van der Waals surface area contributed by atoms with Gasteiger partial charge in [-0.15, -0.1) is 10.2 Å². The number of hydrogen-bond donors (Lipinski definition) is 1. The minimum absolute atomic E-state index is 0.183. The number of nitrogens with one attached hydrogen (secondary N) is 1. The standard InChI is InChI=1S/C14H16N4O2S3/c1-2-22-14-18-17-13(23-14)16-12(19)9-3-5-15-11(7-9)20-10-4-6-21-8-10/h3,5,7,10H,2,4,6,8H2,1H3,(H,16,17,19). The Morgan fingerprint density at radius 2 is 2.43 bits per heavy atom. The van der Waals surface area contributed by atoms with Crippen LogP contribution in [-0.4, -0.2) is 44.5 Å². The predicted molar refractivity (Wildman–Crippen MR) is 94.9 cm³/mol. The molecule has 3 heterocycles. The molecule has 1 amide bonds. The Balaban J connectivity index is 1.64. The Kier molecular flexibility index (Phi) is 5.74. The van der Waals surface area contributed by atoms with Crippen molar-refractivity contribution in [1.29, 1.82) is 0 Å². The van der Waals surface area contributed by atoms with Crippen LogP contribution >= 0.6 is 34.9 Å². The molecule has 1 unspecified atom stereocenters. The highest BCUT2D eigenvalue weighted by Crippen LogP contribution is 2.26. The predicted octanol–water partition coefficient (Wildman–Crippen LogP) is 3.18. The van der Waals surface area contributed by atoms with Crippen molar-refractivity contribution >= 4 is 45.9 Å². The van der Waals surface area contributed by atoms with E-state index >= 15 is 0 Å². The largest absolute Gasteiger partial charge is 0.473 e. The van der Waals surface area contributed by atoms with Crippen LogP contribution in [0.1, 0.15) is 23.7 Å². The number of amides is 1. The number of hydrogen-bond acceptors (Lipinski definition) is 8. The summed E-state index contributed by atoms with van der Waals surface area (Å²) in [5.41, 5.74) is 0.501. The van der Waals surface area contributed by atoms with Gasteiger partial charge in [0, 0.05) is 23.6 Å². The maximum Gasteiger partial charge on any atom is 0.257 e. The molecule has 1 saturated heterocycles. The summed E-state index contributed by atoms with van der Waals surface area (Å²) in [5, 5.41) is 11.2. The van der Waals surface area contributed by atoms with Gasteiger partial charge in [-0.1, -0.05) is 30.0 Å². The Morgan fingerprint density at radius 1 is 1.52 bits per heavy atom. The fourth-order valence-electron chi connectivity index (χ4n) is 2.00. The van der Waals surface area contributed by atoms with Crippen LogP contribution in [-0.2, 0) is 0 Å². The van der Waals surface area contributed by atoms with Crippen LogP contribution in [0, 0.1) is 0 Å². The van der Waals surface area contributed by atoms with E-state index in [1.54, 1.807) is 30.1 Å². The van der Waals surface area contributed by atoms with Gasteiger partial charge in [0.05, 0.1) is 0 Å². The normalized spacial score (nSPS) is 17.2. The first-order chi connectivity index (χ1) is 11.2. The monoisotopic (exact) mass is 368 g/mol. The van der Waals surface area contributed by atoms with E-state index in [1.807, 2.05) is 18.7 Å². The van der Waals surface area contributed by atoms with Crippen LogP contribution in [0.5, 0.6) is 5.88 Å². The van der Waals surface area contributed by atoms with Crippen LogP contribution in [0.15, 0.2) is 22.7 Å². The summed E-state index contributed by atoms with van der Waals surface area (Å²) in [6.45, 7) is 2.05. The summed E-state index contributed by atoms with van der Waals surface area (Å²) in [5.74, 6) is 3.26. The molecule has 1 atom stereocenters. The molecule has 1 N–H and O–H groups in total. The molecule has 1 aliphatic heterocycles. The van der Waals surface area contributed by atoms with Crippen molar-refractivity contribution in [2.24, 2.45) is 0 Å². The quantitative estimate of drug-likeness (QED) is 0.620. The zero-order valence-corrected chi connectivity index (χ0v) is 15.0. The lowest BCUT2D eigenvalue weighted by molar-refractivity contribution is 0.102. The molecule has 0 radical (unpaired) electrons. The minimum Gasteiger partial charge on any atom is -0.473 e. The van der Waals surface area contributed by atoms with Gasteiger partial charge < -0.3 is 4.74 Å². The van der Waals surface area contributed by atoms with Gasteiger partial charge in [0.25, 0.3) is 5.91 Å². The Hall–Kier alpha value is -1.32. The lowest BCUT2D eigenvalue weighted by Crippen LogP contribution is -2.17. The molecule has 0 aliphatic carbocycles. The van der Waals surface area contributed by atoms with Crippen molar-refractivity contribution in [2.75, 3.05) is 22.6 Å². The number of nitrogens with zero attached hydrogens (tertiary/aromatic N) is 3. The van der Waals surface area contributed by atoms with Gasteiger partial charge in [0.15, 0.2) is 4.34 Å². The summed E-state index contributed by atoms with van der Waals surface area (Å²) in [6, 6.07) is 3.33. The number of rotatable bonds is 6. The molecule has 122 valence electrons. The molecule has 0 aromatic carbocycles. The lowest BCUT2D eigenvalue weighted by Gasteiger charge is -2.11. The molecule has 23 heavy (non-hydrogen) atoms. The zero-order chi connectivity index (χ0) is 16.1. The molecule has 2 aromatic heterocycles. The number of carbonyl (C=O) groups is 1. The summed E-state index contributed by atoms with van der Waals surface area (Å²) in [4.78, 5) is 16.5. The average molecular weight is 369 g/mol. The van der Waals surface area contributed by atoms with E-state index in [-0.39, 0.29) is 12.0 Å². The Labute approximate surface area is 146 Å². The van der Waals surface area contributed by atoms with E-state index in [4.69, 9.17) is 4.74 Å². The Morgan fingerprint density at radius 3 is 3.22 bits per heavy atom. The van der Waals surface area contributed by atoms with E-state index in [1.165, 1.54) is 11.3 Å². The number of ether oxygens (including phenoxy) is 1. The molecule has 0 saturated carbocycles. The second-order valence-electron chi connectivity index (χ2n) is 4.75. The minimum atomic E-state index is -0.234. The van der Waals surface area contributed by atoms with Gasteiger partial charge in [-0.3, -0.25) is 10.1 Å². The molecule has 6 nitrogen and oxygen atoms in total. The van der Waals surface area contributed by atoms with E-state index < -0.39 is 0 Å². The van der Waals surface area contributed by atoms with Crippen LogP contribution in [0.25, 0.3) is 0 Å². The molecular weight excluding hydrogens is 352 g/mol. The molecule has 0 spiro atoms. The van der Waals surface area contributed by atoms with Crippen molar-refractivity contribution in [3.8, 4) is 5.88 Å². The number of anilines is 1. The van der Waals surface area contributed by atoms with Gasteiger partial charge in [-0.25, -0.2) is 4.98 Å². The number of aromatic nitrogens is 3. The van der Waals surface area contributed by atoms with Crippen molar-refractivity contribution in [3.05, 3.63) is 23.9 Å². The first-order valence-corrected chi connectivity index (χ1v) is 10.2. The van der Waals surface area contributed by atoms with E-state index in [9.17, 15) is 4.79 Å².